The molecule has 0 radical (unpaired) electrons. The van der Waals surface area contributed by atoms with Gasteiger partial charge in [0.2, 0.25) is 5.91 Å². The van der Waals surface area contributed by atoms with E-state index in [0.29, 0.717) is 28.8 Å². The highest BCUT2D eigenvalue weighted by atomic mass is 35.5. The Morgan fingerprint density at radius 1 is 1.16 bits per heavy atom. The van der Waals surface area contributed by atoms with Gasteiger partial charge in [0.15, 0.2) is 15.0 Å². The van der Waals surface area contributed by atoms with Gasteiger partial charge in [0.1, 0.15) is 5.52 Å². The summed E-state index contributed by atoms with van der Waals surface area (Å²) < 4.78 is 26.0. The second-order valence-corrected chi connectivity index (χ2v) is 10.4. The number of anilines is 1. The Hall–Kier alpha value is -2.75. The first kappa shape index (κ1) is 21.5. The number of fused-ring (bicyclic) bond motifs is 1. The topological polar surface area (TPSA) is 85.2 Å². The summed E-state index contributed by atoms with van der Waals surface area (Å²) >= 11 is 7.67. The fourth-order valence-corrected chi connectivity index (χ4v) is 5.04. The number of carbonyl (C=O) groups excluding carboxylic acids is 1. The van der Waals surface area contributed by atoms with Crippen molar-refractivity contribution in [2.24, 2.45) is 0 Å². The highest BCUT2D eigenvalue weighted by molar-refractivity contribution is 7.90. The maximum Gasteiger partial charge on any atom is 0.233 e. The fourth-order valence-electron chi connectivity index (χ4n) is 3.11. The number of sulfone groups is 1. The first-order chi connectivity index (χ1) is 14.8. The van der Waals surface area contributed by atoms with Gasteiger partial charge in [-0.25, -0.2) is 13.4 Å². The van der Waals surface area contributed by atoms with Crippen LogP contribution < -0.4 is 4.90 Å². The second-order valence-electron chi connectivity index (χ2n) is 6.99. The van der Waals surface area contributed by atoms with E-state index in [0.717, 1.165) is 16.5 Å². The van der Waals surface area contributed by atoms with Crippen LogP contribution in [-0.4, -0.2) is 41.9 Å². The van der Waals surface area contributed by atoms with Gasteiger partial charge in [0, 0.05) is 25.2 Å². The zero-order chi connectivity index (χ0) is 22.0. The van der Waals surface area contributed by atoms with Gasteiger partial charge < -0.3 is 0 Å². The van der Waals surface area contributed by atoms with E-state index in [2.05, 4.69) is 10.1 Å². The standard InChI is InChI=1S/C21H19ClN4O3S2/c1-31(28,29)16-8-6-15(7-9-16)14-19(27)26(13-12-25-11-3-10-23-25)21-24-20-17(22)4-2-5-18(20)30-21/h2-11H,12-14H2,1H3. The lowest BCUT2D eigenvalue weighted by Gasteiger charge is -2.20. The molecule has 0 aliphatic heterocycles. The minimum absolute atomic E-state index is 0.118. The van der Waals surface area contributed by atoms with Crippen LogP contribution in [0.2, 0.25) is 5.02 Å². The van der Waals surface area contributed by atoms with Crippen molar-refractivity contribution in [1.29, 1.82) is 0 Å². The Bertz CT molecular complexity index is 1320. The van der Waals surface area contributed by atoms with Gasteiger partial charge in [-0.15, -0.1) is 0 Å². The minimum atomic E-state index is -3.29. The smallest absolute Gasteiger partial charge is 0.233 e. The van der Waals surface area contributed by atoms with Crippen LogP contribution in [0.25, 0.3) is 10.2 Å². The minimum Gasteiger partial charge on any atom is -0.286 e. The summed E-state index contributed by atoms with van der Waals surface area (Å²) in [7, 11) is -3.29. The van der Waals surface area contributed by atoms with E-state index in [4.69, 9.17) is 11.6 Å². The summed E-state index contributed by atoms with van der Waals surface area (Å²) in [5.41, 5.74) is 1.39. The average molecular weight is 475 g/mol. The summed E-state index contributed by atoms with van der Waals surface area (Å²) in [5, 5.41) is 5.30. The summed E-state index contributed by atoms with van der Waals surface area (Å²) in [6, 6.07) is 13.7. The van der Waals surface area contributed by atoms with Crippen LogP contribution in [0, 0.1) is 0 Å². The molecule has 2 aromatic heterocycles. The second kappa shape index (κ2) is 8.78. The molecule has 4 aromatic rings. The van der Waals surface area contributed by atoms with E-state index in [-0.39, 0.29) is 17.2 Å². The molecule has 31 heavy (non-hydrogen) atoms. The molecule has 0 aliphatic rings. The van der Waals surface area contributed by atoms with E-state index in [1.165, 1.54) is 23.5 Å². The molecule has 0 fully saturated rings. The first-order valence-electron chi connectivity index (χ1n) is 9.43. The molecule has 7 nitrogen and oxygen atoms in total. The fraction of sp³-hybridized carbons (Fsp3) is 0.190. The molecule has 0 aliphatic carbocycles. The van der Waals surface area contributed by atoms with Crippen molar-refractivity contribution in [3.63, 3.8) is 0 Å². The van der Waals surface area contributed by atoms with Gasteiger partial charge in [-0.2, -0.15) is 5.10 Å². The van der Waals surface area contributed by atoms with Gasteiger partial charge in [-0.3, -0.25) is 14.4 Å². The van der Waals surface area contributed by atoms with Crippen LogP contribution in [0.5, 0.6) is 0 Å². The molecule has 2 heterocycles. The lowest BCUT2D eigenvalue weighted by Crippen LogP contribution is -2.35. The maximum absolute atomic E-state index is 13.2. The van der Waals surface area contributed by atoms with Crippen LogP contribution in [0.4, 0.5) is 5.13 Å². The zero-order valence-corrected chi connectivity index (χ0v) is 19.0. The molecule has 10 heteroatoms. The lowest BCUT2D eigenvalue weighted by molar-refractivity contribution is -0.118. The number of aromatic nitrogens is 3. The number of thiazole rings is 1. The SMILES string of the molecule is CS(=O)(=O)c1ccc(CC(=O)N(CCn2cccn2)c2nc3c(Cl)cccc3s2)cc1. The Kier molecular flexibility index (Phi) is 6.08. The quantitative estimate of drug-likeness (QED) is 0.406. The number of hydrogen-bond acceptors (Lipinski definition) is 6. The summed E-state index contributed by atoms with van der Waals surface area (Å²) in [6.07, 6.45) is 4.80. The van der Waals surface area contributed by atoms with E-state index in [9.17, 15) is 13.2 Å². The molecule has 0 N–H and O–H groups in total. The Morgan fingerprint density at radius 3 is 2.58 bits per heavy atom. The molecular weight excluding hydrogens is 456 g/mol. The molecule has 4 rings (SSSR count). The van der Waals surface area contributed by atoms with Crippen molar-refractivity contribution in [3.05, 3.63) is 71.5 Å². The molecule has 160 valence electrons. The summed E-state index contributed by atoms with van der Waals surface area (Å²) in [6.45, 7) is 0.898. The number of benzene rings is 2. The molecule has 0 saturated heterocycles. The van der Waals surface area contributed by atoms with Crippen LogP contribution in [0.1, 0.15) is 5.56 Å². The van der Waals surface area contributed by atoms with Gasteiger partial charge in [0.05, 0.1) is 27.6 Å². The average Bonchev–Trinajstić information content (AvgIpc) is 3.38. The Labute approximate surface area is 188 Å². The van der Waals surface area contributed by atoms with Crippen LogP contribution in [0.15, 0.2) is 65.8 Å². The normalized spacial score (nSPS) is 11.7. The number of halogens is 1. The number of para-hydroxylation sites is 1. The monoisotopic (exact) mass is 474 g/mol. The number of hydrogen-bond donors (Lipinski definition) is 0. The molecule has 0 atom stereocenters. The Balaban J connectivity index is 1.61. The predicted octanol–water partition coefficient (Wildman–Crippen LogP) is 3.83. The van der Waals surface area contributed by atoms with Crippen LogP contribution >= 0.6 is 22.9 Å². The molecular formula is C21H19ClN4O3S2. The van der Waals surface area contributed by atoms with Crippen molar-refractivity contribution in [2.75, 3.05) is 17.7 Å². The van der Waals surface area contributed by atoms with Gasteiger partial charge in [0.25, 0.3) is 0 Å². The van der Waals surface area contributed by atoms with Crippen LogP contribution in [-0.2, 0) is 27.6 Å². The van der Waals surface area contributed by atoms with Crippen molar-refractivity contribution in [1.82, 2.24) is 14.8 Å². The molecule has 0 unspecified atom stereocenters. The van der Waals surface area contributed by atoms with E-state index in [1.807, 2.05) is 24.4 Å². The summed E-state index contributed by atoms with van der Waals surface area (Å²) in [5.74, 6) is -0.144. The zero-order valence-electron chi connectivity index (χ0n) is 16.6. The molecule has 0 bridgehead atoms. The van der Waals surface area contributed by atoms with Crippen molar-refractivity contribution >= 4 is 54.0 Å². The van der Waals surface area contributed by atoms with Gasteiger partial charge >= 0.3 is 0 Å². The molecule has 1 amide bonds. The van der Waals surface area contributed by atoms with Gasteiger partial charge in [-0.1, -0.05) is 41.1 Å². The Morgan fingerprint density at radius 2 is 1.94 bits per heavy atom. The molecule has 0 saturated carbocycles. The van der Waals surface area contributed by atoms with Gasteiger partial charge in [-0.05, 0) is 35.9 Å². The molecule has 0 spiro atoms. The van der Waals surface area contributed by atoms with E-state index < -0.39 is 9.84 Å². The third-order valence-corrected chi connectivity index (χ3v) is 7.19. The summed E-state index contributed by atoms with van der Waals surface area (Å²) in [4.78, 5) is 19.7. The van der Waals surface area contributed by atoms with Crippen LogP contribution in [0.3, 0.4) is 0 Å². The highest BCUT2D eigenvalue weighted by Crippen LogP contribution is 2.33. The number of amides is 1. The highest BCUT2D eigenvalue weighted by Gasteiger charge is 2.21. The lowest BCUT2D eigenvalue weighted by atomic mass is 10.1. The van der Waals surface area contributed by atoms with E-state index in [1.54, 1.807) is 34.0 Å². The first-order valence-corrected chi connectivity index (χ1v) is 12.5. The third kappa shape index (κ3) is 4.95. The largest absolute Gasteiger partial charge is 0.286 e. The van der Waals surface area contributed by atoms with E-state index >= 15 is 0 Å². The number of rotatable bonds is 7. The third-order valence-electron chi connectivity index (χ3n) is 4.71. The number of carbonyl (C=O) groups is 1. The molecule has 2 aromatic carbocycles. The van der Waals surface area contributed by atoms with Crippen molar-refractivity contribution in [3.8, 4) is 0 Å². The van der Waals surface area contributed by atoms with Crippen molar-refractivity contribution in [2.45, 2.75) is 17.9 Å². The van der Waals surface area contributed by atoms with Crippen molar-refractivity contribution < 1.29 is 13.2 Å². The predicted molar refractivity (Wildman–Crippen MR) is 122 cm³/mol. The number of nitrogens with zero attached hydrogens (tertiary/aromatic N) is 4. The maximum atomic E-state index is 13.2.